The van der Waals surface area contributed by atoms with Crippen molar-refractivity contribution in [1.82, 2.24) is 24.5 Å². The molecule has 0 fully saturated rings. The summed E-state index contributed by atoms with van der Waals surface area (Å²) in [7, 11) is 0. The Bertz CT molecular complexity index is 1580. The summed E-state index contributed by atoms with van der Waals surface area (Å²) < 4.78 is 3.73. The van der Waals surface area contributed by atoms with E-state index in [1.807, 2.05) is 121 Å². The molecule has 0 aliphatic rings. The van der Waals surface area contributed by atoms with Crippen molar-refractivity contribution < 1.29 is 20.1 Å². The maximum atomic E-state index is 6.69. The van der Waals surface area contributed by atoms with E-state index in [0.717, 1.165) is 50.7 Å². The maximum Gasteiger partial charge on any atom is 3.00 e. The van der Waals surface area contributed by atoms with Gasteiger partial charge >= 0.3 is 20.1 Å². The second-order valence-corrected chi connectivity index (χ2v) is 9.12. The zero-order chi connectivity index (χ0) is 28.3. The molecular formula is C35H30IrN5. The molecule has 0 aliphatic carbocycles. The van der Waals surface area contributed by atoms with Crippen LogP contribution in [0, 0.1) is 52.2 Å². The van der Waals surface area contributed by atoms with Crippen LogP contribution in [0.15, 0.2) is 110 Å². The summed E-state index contributed by atoms with van der Waals surface area (Å²) in [6.07, 6.45) is 12.4. The van der Waals surface area contributed by atoms with Crippen LogP contribution in [-0.4, -0.2) is 24.5 Å². The number of aromatic nitrogens is 5. The van der Waals surface area contributed by atoms with Gasteiger partial charge in [0.1, 0.15) is 0 Å². The van der Waals surface area contributed by atoms with Gasteiger partial charge in [-0.25, -0.2) is 0 Å². The van der Waals surface area contributed by atoms with Crippen LogP contribution >= 0.6 is 0 Å². The standard InChI is InChI=1S/C16H17N4.C11H8N.C8H5.Ir/c1-11-9-12(2)16(20-8-6-14(4)18-20)10-15(11)19-7-5-13(3)17-19;1-2-6-10(7-3-1)11-8-4-5-9-12-11;1-2-8-6-4-3-5-7-8;/h5-9H,1-4H3;1-6,8-9H;3-7H;/q3*-1;+3. The predicted octanol–water partition coefficient (Wildman–Crippen LogP) is 7.26. The number of hydrogen-bond donors (Lipinski definition) is 0. The molecule has 0 aliphatic heterocycles. The van der Waals surface area contributed by atoms with Gasteiger partial charge in [-0.2, -0.15) is 16.3 Å². The van der Waals surface area contributed by atoms with Gasteiger partial charge in [0.2, 0.25) is 0 Å². The van der Waals surface area contributed by atoms with E-state index >= 15 is 0 Å². The summed E-state index contributed by atoms with van der Waals surface area (Å²) in [5, 5.41) is 8.93. The molecule has 204 valence electrons. The minimum Gasteiger partial charge on any atom is -0.366 e. The van der Waals surface area contributed by atoms with Gasteiger partial charge in [-0.05, 0) is 49.1 Å². The molecule has 6 heteroatoms. The topological polar surface area (TPSA) is 48.5 Å². The fourth-order valence-corrected chi connectivity index (χ4v) is 3.92. The Morgan fingerprint density at radius 2 is 1.29 bits per heavy atom. The third-order valence-corrected chi connectivity index (χ3v) is 5.89. The molecular weight excluding hydrogens is 683 g/mol. The van der Waals surface area contributed by atoms with Crippen LogP contribution in [0.1, 0.15) is 28.1 Å². The summed E-state index contributed by atoms with van der Waals surface area (Å²) in [5.41, 5.74) is 9.06. The van der Waals surface area contributed by atoms with E-state index in [9.17, 15) is 0 Å². The first kappa shape index (κ1) is 31.0. The van der Waals surface area contributed by atoms with Crippen molar-refractivity contribution in [1.29, 1.82) is 0 Å². The summed E-state index contributed by atoms with van der Waals surface area (Å²) >= 11 is 0. The fraction of sp³-hybridized carbons (Fsp3) is 0.114. The zero-order valence-corrected chi connectivity index (χ0v) is 25.9. The SMILES string of the molecule is Cc1ccn(-c2[c-]c(-n3ccc(C)n3)c(C)cc2C)n1.[C-]#Cc1ccccc1.[Ir+3].[c-]1ccccc1-c1ccccn1. The molecule has 0 saturated carbocycles. The molecule has 3 heterocycles. The summed E-state index contributed by atoms with van der Waals surface area (Å²) in [6.45, 7) is 8.12. The van der Waals surface area contributed by atoms with E-state index in [0.29, 0.717) is 0 Å². The molecule has 0 atom stereocenters. The van der Waals surface area contributed by atoms with E-state index in [4.69, 9.17) is 6.42 Å². The van der Waals surface area contributed by atoms with Crippen molar-refractivity contribution in [3.8, 4) is 28.6 Å². The average molecular weight is 713 g/mol. The number of benzene rings is 3. The van der Waals surface area contributed by atoms with E-state index in [1.54, 1.807) is 6.20 Å². The Kier molecular flexibility index (Phi) is 11.5. The second-order valence-electron chi connectivity index (χ2n) is 9.12. The fourth-order valence-electron chi connectivity index (χ4n) is 3.92. The van der Waals surface area contributed by atoms with Crippen molar-refractivity contribution in [3.63, 3.8) is 0 Å². The zero-order valence-electron chi connectivity index (χ0n) is 23.5. The van der Waals surface area contributed by atoms with Crippen LogP contribution < -0.4 is 0 Å². The van der Waals surface area contributed by atoms with Crippen molar-refractivity contribution in [2.24, 2.45) is 0 Å². The Hall–Kier alpha value is -4.56. The number of pyridine rings is 1. The first-order chi connectivity index (χ1) is 19.4. The molecule has 0 saturated heterocycles. The molecule has 6 rings (SSSR count). The largest absolute Gasteiger partial charge is 3.00 e. The molecule has 6 aromatic rings. The monoisotopic (exact) mass is 713 g/mol. The molecule has 0 radical (unpaired) electrons. The van der Waals surface area contributed by atoms with Crippen molar-refractivity contribution in [3.05, 3.63) is 156 Å². The molecule has 0 unspecified atom stereocenters. The number of rotatable bonds is 3. The van der Waals surface area contributed by atoms with E-state index in [2.05, 4.69) is 53.1 Å². The van der Waals surface area contributed by atoms with Crippen LogP contribution in [0.4, 0.5) is 0 Å². The van der Waals surface area contributed by atoms with Gasteiger partial charge in [-0.3, -0.25) is 15.3 Å². The van der Waals surface area contributed by atoms with E-state index in [1.165, 1.54) is 0 Å². The molecule has 0 spiro atoms. The predicted molar refractivity (Wildman–Crippen MR) is 160 cm³/mol. The van der Waals surface area contributed by atoms with Gasteiger partial charge in [0, 0.05) is 18.6 Å². The van der Waals surface area contributed by atoms with Crippen LogP contribution in [-0.2, 0) is 20.1 Å². The molecule has 0 bridgehead atoms. The van der Waals surface area contributed by atoms with Gasteiger partial charge in [-0.15, -0.1) is 70.8 Å². The molecule has 41 heavy (non-hydrogen) atoms. The first-order valence-corrected chi connectivity index (χ1v) is 12.9. The summed E-state index contributed by atoms with van der Waals surface area (Å²) in [6, 6.07) is 35.8. The third kappa shape index (κ3) is 8.71. The molecule has 5 nitrogen and oxygen atoms in total. The quantitative estimate of drug-likeness (QED) is 0.143. The smallest absolute Gasteiger partial charge is 0.366 e. The Labute approximate surface area is 256 Å². The number of hydrogen-bond acceptors (Lipinski definition) is 3. The molecule has 0 amide bonds. The van der Waals surface area contributed by atoms with Crippen LogP contribution in [0.2, 0.25) is 0 Å². The minimum absolute atomic E-state index is 0. The maximum absolute atomic E-state index is 6.69. The van der Waals surface area contributed by atoms with Gasteiger partial charge in [-0.1, -0.05) is 44.2 Å². The molecule has 0 N–H and O–H groups in total. The average Bonchev–Trinajstić information content (AvgIpc) is 3.63. The first-order valence-electron chi connectivity index (χ1n) is 12.9. The number of nitrogens with zero attached hydrogens (tertiary/aromatic N) is 5. The Morgan fingerprint density at radius 3 is 1.73 bits per heavy atom. The van der Waals surface area contributed by atoms with Crippen LogP contribution in [0.3, 0.4) is 0 Å². The molecule has 3 aromatic carbocycles. The summed E-state index contributed by atoms with van der Waals surface area (Å²) in [4.78, 5) is 4.22. The van der Waals surface area contributed by atoms with Gasteiger partial charge in [0.15, 0.2) is 0 Å². The Balaban J connectivity index is 0.000000187. The minimum atomic E-state index is 0. The third-order valence-electron chi connectivity index (χ3n) is 5.89. The van der Waals surface area contributed by atoms with Gasteiger partial charge in [0.25, 0.3) is 0 Å². The van der Waals surface area contributed by atoms with Crippen molar-refractivity contribution in [2.75, 3.05) is 0 Å². The van der Waals surface area contributed by atoms with Gasteiger partial charge < -0.3 is 11.4 Å². The second kappa shape index (κ2) is 15.3. The number of aryl methyl sites for hydroxylation is 4. The van der Waals surface area contributed by atoms with Gasteiger partial charge in [0.05, 0.1) is 11.4 Å². The van der Waals surface area contributed by atoms with Crippen LogP contribution in [0.5, 0.6) is 0 Å². The van der Waals surface area contributed by atoms with E-state index < -0.39 is 0 Å². The normalized spacial score (nSPS) is 9.73. The summed E-state index contributed by atoms with van der Waals surface area (Å²) in [5.74, 6) is 2.28. The van der Waals surface area contributed by atoms with Crippen molar-refractivity contribution in [2.45, 2.75) is 27.7 Å². The van der Waals surface area contributed by atoms with E-state index in [-0.39, 0.29) is 20.1 Å². The van der Waals surface area contributed by atoms with Crippen LogP contribution in [0.25, 0.3) is 22.6 Å². The molecule has 3 aromatic heterocycles. The van der Waals surface area contributed by atoms with Crippen molar-refractivity contribution >= 4 is 0 Å². The Morgan fingerprint density at radius 1 is 0.707 bits per heavy atom.